The molecule has 1 heterocycles. The largest absolute Gasteiger partial charge is 0.486 e. The fraction of sp³-hybridized carbons (Fsp3) is 0.200. The van der Waals surface area contributed by atoms with Crippen LogP contribution in [0.4, 0.5) is 10.5 Å². The summed E-state index contributed by atoms with van der Waals surface area (Å²) in [7, 11) is -4.00. The second kappa shape index (κ2) is 10.6. The lowest BCUT2D eigenvalue weighted by Gasteiger charge is -2.27. The molecule has 1 aliphatic heterocycles. The van der Waals surface area contributed by atoms with Gasteiger partial charge in [0.1, 0.15) is 19.8 Å². The van der Waals surface area contributed by atoms with E-state index in [1.165, 1.54) is 24.3 Å². The fourth-order valence-electron chi connectivity index (χ4n) is 3.31. The first-order valence-corrected chi connectivity index (χ1v) is 12.1. The van der Waals surface area contributed by atoms with Crippen molar-refractivity contribution in [2.75, 3.05) is 18.5 Å². The number of benzene rings is 3. The van der Waals surface area contributed by atoms with Gasteiger partial charge < -0.3 is 14.2 Å². The van der Waals surface area contributed by atoms with Gasteiger partial charge in [-0.25, -0.2) is 4.79 Å². The maximum atomic E-state index is 12.5. The average molecular weight is 498 g/mol. The molecule has 0 aromatic heterocycles. The summed E-state index contributed by atoms with van der Waals surface area (Å²) in [6.07, 6.45) is -1.04. The molecule has 4 rings (SSSR count). The van der Waals surface area contributed by atoms with E-state index < -0.39 is 22.3 Å². The number of anilines is 1. The van der Waals surface area contributed by atoms with E-state index in [2.05, 4.69) is 5.32 Å². The van der Waals surface area contributed by atoms with Crippen molar-refractivity contribution in [1.82, 2.24) is 0 Å². The van der Waals surface area contributed by atoms with Crippen LogP contribution >= 0.6 is 0 Å². The molecule has 35 heavy (non-hydrogen) atoms. The van der Waals surface area contributed by atoms with Crippen molar-refractivity contribution in [3.8, 4) is 11.5 Å². The number of carbonyl (C=O) groups excluding carboxylic acids is 2. The van der Waals surface area contributed by atoms with Crippen LogP contribution in [-0.4, -0.2) is 40.1 Å². The number of aryl methyl sites for hydroxylation is 1. The van der Waals surface area contributed by atoms with E-state index in [0.717, 1.165) is 11.1 Å². The van der Waals surface area contributed by atoms with E-state index >= 15 is 0 Å². The van der Waals surface area contributed by atoms with Gasteiger partial charge in [-0.1, -0.05) is 48.0 Å². The normalized spacial score (nSPS) is 14.7. The Labute approximate surface area is 202 Å². The van der Waals surface area contributed by atoms with Gasteiger partial charge in [0.15, 0.2) is 23.9 Å². The van der Waals surface area contributed by atoms with Crippen LogP contribution in [0.2, 0.25) is 0 Å². The van der Waals surface area contributed by atoms with Gasteiger partial charge in [0.05, 0.1) is 16.1 Å². The number of aldehydes is 1. The second-order valence-corrected chi connectivity index (χ2v) is 9.38. The monoisotopic (exact) mass is 497 g/mol. The zero-order valence-electron chi connectivity index (χ0n) is 18.8. The van der Waals surface area contributed by atoms with E-state index in [1.807, 2.05) is 37.3 Å². The molecule has 0 saturated carbocycles. The Bertz CT molecular complexity index is 1310. The predicted octanol–water partition coefficient (Wildman–Crippen LogP) is 4.10. The maximum absolute atomic E-state index is 12.5. The highest BCUT2D eigenvalue weighted by Crippen LogP contribution is 2.38. The molecule has 0 bridgehead atoms. The first-order chi connectivity index (χ1) is 16.9. The molecule has 1 amide bonds. The molecule has 0 radical (unpaired) electrons. The van der Waals surface area contributed by atoms with Gasteiger partial charge in [-0.15, -0.1) is 0 Å². The molecule has 0 aliphatic carbocycles. The number of hydrogen-bond donors (Lipinski definition) is 1. The summed E-state index contributed by atoms with van der Waals surface area (Å²) in [6.45, 7) is 1.59. The smallest absolute Gasteiger partial charge is 0.411 e. The Morgan fingerprint density at radius 3 is 2.54 bits per heavy atom. The summed E-state index contributed by atoms with van der Waals surface area (Å²) < 4.78 is 46.7. The Morgan fingerprint density at radius 1 is 1.09 bits per heavy atom. The predicted molar refractivity (Wildman–Crippen MR) is 126 cm³/mol. The van der Waals surface area contributed by atoms with Crippen LogP contribution in [0.25, 0.3) is 0 Å². The van der Waals surface area contributed by atoms with Crippen LogP contribution in [-0.2, 0) is 25.6 Å². The van der Waals surface area contributed by atoms with E-state index in [0.29, 0.717) is 6.29 Å². The van der Waals surface area contributed by atoms with Gasteiger partial charge in [0.25, 0.3) is 10.1 Å². The molecule has 3 aromatic carbocycles. The van der Waals surface area contributed by atoms with Crippen molar-refractivity contribution in [3.05, 3.63) is 83.4 Å². The third-order valence-corrected chi connectivity index (χ3v) is 6.45. The first-order valence-electron chi connectivity index (χ1n) is 10.7. The summed E-state index contributed by atoms with van der Waals surface area (Å²) in [5.74, 6) is 0.362. The van der Waals surface area contributed by atoms with Gasteiger partial charge in [-0.05, 0) is 36.8 Å². The lowest BCUT2D eigenvalue weighted by Crippen LogP contribution is -2.35. The van der Waals surface area contributed by atoms with Gasteiger partial charge in [0.2, 0.25) is 0 Å². The van der Waals surface area contributed by atoms with Gasteiger partial charge >= 0.3 is 6.09 Å². The number of nitrogens with one attached hydrogen (secondary N) is 1. The Kier molecular flexibility index (Phi) is 7.33. The number of amides is 1. The molecule has 1 atom stereocenters. The zero-order chi connectivity index (χ0) is 24.8. The fourth-order valence-corrected chi connectivity index (χ4v) is 4.25. The molecule has 1 aliphatic rings. The number of ether oxygens (including phenoxy) is 3. The molecule has 182 valence electrons. The molecule has 1 unspecified atom stereocenters. The quantitative estimate of drug-likeness (QED) is 0.365. The van der Waals surface area contributed by atoms with Crippen molar-refractivity contribution in [2.24, 2.45) is 0 Å². The van der Waals surface area contributed by atoms with E-state index in [1.54, 1.807) is 12.1 Å². The molecule has 3 aromatic rings. The van der Waals surface area contributed by atoms with Gasteiger partial charge in [-0.2, -0.15) is 8.42 Å². The lowest BCUT2D eigenvalue weighted by molar-refractivity contribution is 0.0545. The van der Waals surface area contributed by atoms with E-state index in [4.69, 9.17) is 18.4 Å². The topological polar surface area (TPSA) is 117 Å². The lowest BCUT2D eigenvalue weighted by atomic mass is 10.1. The molecule has 1 N–H and O–H groups in total. The minimum absolute atomic E-state index is 0.0145. The zero-order valence-corrected chi connectivity index (χ0v) is 19.6. The van der Waals surface area contributed by atoms with Crippen molar-refractivity contribution >= 4 is 28.2 Å². The van der Waals surface area contributed by atoms with Crippen molar-refractivity contribution in [1.29, 1.82) is 0 Å². The molecular weight excluding hydrogens is 474 g/mol. The van der Waals surface area contributed by atoms with Crippen molar-refractivity contribution in [3.63, 3.8) is 0 Å². The van der Waals surface area contributed by atoms with Crippen LogP contribution in [0.1, 0.15) is 21.5 Å². The number of carbonyl (C=O) groups is 2. The van der Waals surface area contributed by atoms with Crippen LogP contribution in [0, 0.1) is 6.92 Å². The highest BCUT2D eigenvalue weighted by atomic mass is 32.2. The minimum Gasteiger partial charge on any atom is -0.486 e. The first kappa shape index (κ1) is 24.2. The van der Waals surface area contributed by atoms with Crippen LogP contribution in [0.15, 0.2) is 71.6 Å². The Morgan fingerprint density at radius 2 is 1.83 bits per heavy atom. The summed E-state index contributed by atoms with van der Waals surface area (Å²) in [6, 6.07) is 18.4. The van der Waals surface area contributed by atoms with Crippen LogP contribution < -0.4 is 14.8 Å². The summed E-state index contributed by atoms with van der Waals surface area (Å²) >= 11 is 0. The third-order valence-electron chi connectivity index (χ3n) is 5.16. The third kappa shape index (κ3) is 5.97. The Balaban J connectivity index is 1.42. The summed E-state index contributed by atoms with van der Waals surface area (Å²) in [5.41, 5.74) is 1.92. The second-order valence-electron chi connectivity index (χ2n) is 7.76. The van der Waals surface area contributed by atoms with Crippen molar-refractivity contribution in [2.45, 2.75) is 24.5 Å². The number of fused-ring (bicyclic) bond motifs is 1. The molecule has 10 heteroatoms. The highest BCUT2D eigenvalue weighted by molar-refractivity contribution is 7.86. The number of hydrogen-bond acceptors (Lipinski definition) is 8. The number of rotatable bonds is 8. The van der Waals surface area contributed by atoms with Crippen molar-refractivity contribution < 1.29 is 36.4 Å². The van der Waals surface area contributed by atoms with Gasteiger partial charge in [-0.3, -0.25) is 14.3 Å². The van der Waals surface area contributed by atoms with E-state index in [-0.39, 0.29) is 47.5 Å². The van der Waals surface area contributed by atoms with Gasteiger partial charge in [0, 0.05) is 0 Å². The molecule has 0 spiro atoms. The summed E-state index contributed by atoms with van der Waals surface area (Å²) in [5, 5.41) is 2.52. The van der Waals surface area contributed by atoms with Crippen LogP contribution in [0.3, 0.4) is 0 Å². The SMILES string of the molecule is Cc1ccc(S(=O)(=O)OCC2COc3ccc(NC(=O)OCc4ccccc4)c(C=O)c3O2)cc1. The highest BCUT2D eigenvalue weighted by Gasteiger charge is 2.28. The minimum atomic E-state index is -4.00. The van der Waals surface area contributed by atoms with E-state index in [9.17, 15) is 18.0 Å². The summed E-state index contributed by atoms with van der Waals surface area (Å²) in [4.78, 5) is 24.1. The molecule has 0 saturated heterocycles. The molecule has 0 fully saturated rings. The maximum Gasteiger partial charge on any atom is 0.411 e. The Hall–Kier alpha value is -3.89. The molecular formula is C25H23NO8S. The molecule has 9 nitrogen and oxygen atoms in total. The standard InChI is InChI=1S/C25H23NO8S/c1-17-7-9-20(10-8-17)35(29,30)33-16-19-15-31-23-12-11-22(21(13-27)24(23)34-19)26-25(28)32-14-18-5-3-2-4-6-18/h2-13,19H,14-16H2,1H3,(H,26,28). The average Bonchev–Trinajstić information content (AvgIpc) is 2.87. The van der Waals surface area contributed by atoms with Crippen LogP contribution in [0.5, 0.6) is 11.5 Å².